The molecule has 4 nitrogen and oxygen atoms in total. The minimum atomic E-state index is -0.451. The highest BCUT2D eigenvalue weighted by Crippen LogP contribution is 2.27. The minimum Gasteiger partial charge on any atom is -0.496 e. The molecule has 1 aliphatic rings. The monoisotopic (exact) mass is 497 g/mol. The van der Waals surface area contributed by atoms with Gasteiger partial charge in [0.25, 0.3) is 0 Å². The third-order valence-corrected chi connectivity index (χ3v) is 5.33. The van der Waals surface area contributed by atoms with Crippen LogP contribution in [0.2, 0.25) is 0 Å². The Kier molecular flexibility index (Phi) is 5.05. The Morgan fingerprint density at radius 3 is 2.71 bits per heavy atom. The van der Waals surface area contributed by atoms with Crippen molar-refractivity contribution in [2.24, 2.45) is 4.99 Å². The molecule has 0 spiro atoms. The van der Waals surface area contributed by atoms with Crippen molar-refractivity contribution in [2.45, 2.75) is 6.92 Å². The molecule has 6 heteroatoms. The second kappa shape index (κ2) is 7.06. The number of carbonyl (C=O) groups is 1. The zero-order valence-corrected chi connectivity index (χ0v) is 16.7. The van der Waals surface area contributed by atoms with Crippen LogP contribution in [0.15, 0.2) is 51.6 Å². The van der Waals surface area contributed by atoms with Gasteiger partial charge in [-0.15, -0.1) is 0 Å². The van der Waals surface area contributed by atoms with Crippen molar-refractivity contribution in [3.63, 3.8) is 0 Å². The van der Waals surface area contributed by atoms with E-state index in [1.807, 2.05) is 43.3 Å². The maximum absolute atomic E-state index is 12.1. The Morgan fingerprint density at radius 2 is 2.04 bits per heavy atom. The third-order valence-electron chi connectivity index (χ3n) is 3.50. The van der Waals surface area contributed by atoms with Gasteiger partial charge in [0, 0.05) is 9.13 Å². The first-order valence-electron chi connectivity index (χ1n) is 7.10. The van der Waals surface area contributed by atoms with E-state index in [4.69, 9.17) is 9.47 Å². The summed E-state index contributed by atoms with van der Waals surface area (Å²) in [6.45, 7) is 2.01. The number of hydrogen-bond acceptors (Lipinski definition) is 4. The fraction of sp³-hybridized carbons (Fsp3) is 0.111. The number of esters is 1. The molecule has 0 saturated carbocycles. The van der Waals surface area contributed by atoms with Gasteiger partial charge in [0.05, 0.1) is 11.6 Å². The van der Waals surface area contributed by atoms with Gasteiger partial charge in [-0.1, -0.05) is 6.07 Å². The predicted octanol–water partition coefficient (Wildman–Crippen LogP) is 4.72. The number of ether oxygens (including phenoxy) is 2. The lowest BCUT2D eigenvalue weighted by Gasteiger charge is -2.03. The Balaban J connectivity index is 1.93. The summed E-state index contributed by atoms with van der Waals surface area (Å²) < 4.78 is 12.5. The minimum absolute atomic E-state index is 0.276. The van der Waals surface area contributed by atoms with Gasteiger partial charge < -0.3 is 9.47 Å². The van der Waals surface area contributed by atoms with Crippen molar-refractivity contribution in [1.82, 2.24) is 0 Å². The van der Waals surface area contributed by atoms with E-state index in [0.29, 0.717) is 5.90 Å². The third kappa shape index (κ3) is 3.54. The van der Waals surface area contributed by atoms with Crippen LogP contribution in [0.1, 0.15) is 16.7 Å². The SMILES string of the molecule is COc1ccc(/C=C2\N=C(c3ccc(I)c(C)c3)OC2=O)cc1Br. The Labute approximate surface area is 161 Å². The average molecular weight is 498 g/mol. The number of halogens is 2. The summed E-state index contributed by atoms with van der Waals surface area (Å²) in [4.78, 5) is 16.4. The fourth-order valence-corrected chi connectivity index (χ4v) is 3.13. The molecular weight excluding hydrogens is 485 g/mol. The van der Waals surface area contributed by atoms with Gasteiger partial charge in [-0.2, -0.15) is 0 Å². The second-order valence-electron chi connectivity index (χ2n) is 5.19. The molecule has 24 heavy (non-hydrogen) atoms. The molecule has 0 amide bonds. The summed E-state index contributed by atoms with van der Waals surface area (Å²) in [6, 6.07) is 11.4. The highest BCUT2D eigenvalue weighted by atomic mass is 127. The molecule has 0 N–H and O–H groups in total. The normalized spacial score (nSPS) is 15.4. The molecular formula is C18H13BrINO3. The van der Waals surface area contributed by atoms with Crippen LogP contribution in [0, 0.1) is 10.5 Å². The molecule has 0 fully saturated rings. The van der Waals surface area contributed by atoms with E-state index >= 15 is 0 Å². The van der Waals surface area contributed by atoms with Crippen molar-refractivity contribution in [3.05, 3.63) is 66.8 Å². The molecule has 2 aromatic rings. The maximum atomic E-state index is 12.1. The predicted molar refractivity (Wildman–Crippen MR) is 105 cm³/mol. The number of nitrogens with zero attached hydrogens (tertiary/aromatic N) is 1. The Hall–Kier alpha value is -1.67. The standard InChI is InChI=1S/C18H13BrINO3/c1-10-7-12(4-5-14(10)20)17-21-15(18(22)24-17)9-11-3-6-16(23-2)13(19)8-11/h3-9H,1-2H3/b15-9-. The van der Waals surface area contributed by atoms with Crippen LogP contribution in [0.4, 0.5) is 0 Å². The quantitative estimate of drug-likeness (QED) is 0.350. The van der Waals surface area contributed by atoms with E-state index in [0.717, 1.165) is 30.5 Å². The van der Waals surface area contributed by atoms with E-state index < -0.39 is 5.97 Å². The van der Waals surface area contributed by atoms with Gasteiger partial charge >= 0.3 is 5.97 Å². The summed E-state index contributed by atoms with van der Waals surface area (Å²) in [6.07, 6.45) is 1.69. The number of benzene rings is 2. The van der Waals surface area contributed by atoms with Crippen LogP contribution in [-0.2, 0) is 9.53 Å². The number of methoxy groups -OCH3 is 1. The van der Waals surface area contributed by atoms with Crippen molar-refractivity contribution in [1.29, 1.82) is 0 Å². The molecule has 0 unspecified atom stereocenters. The van der Waals surface area contributed by atoms with E-state index in [2.05, 4.69) is 43.5 Å². The van der Waals surface area contributed by atoms with Crippen LogP contribution in [0.3, 0.4) is 0 Å². The lowest BCUT2D eigenvalue weighted by Crippen LogP contribution is -2.05. The van der Waals surface area contributed by atoms with Crippen molar-refractivity contribution in [3.8, 4) is 5.75 Å². The van der Waals surface area contributed by atoms with Gasteiger partial charge in [-0.25, -0.2) is 9.79 Å². The summed E-state index contributed by atoms with van der Waals surface area (Å²) >= 11 is 5.69. The average Bonchev–Trinajstić information content (AvgIpc) is 2.91. The molecule has 122 valence electrons. The smallest absolute Gasteiger partial charge is 0.363 e. The zero-order chi connectivity index (χ0) is 17.3. The maximum Gasteiger partial charge on any atom is 0.363 e. The molecule has 0 aromatic heterocycles. The summed E-state index contributed by atoms with van der Waals surface area (Å²) in [5, 5.41) is 0. The van der Waals surface area contributed by atoms with Gasteiger partial charge in [0.1, 0.15) is 5.75 Å². The Morgan fingerprint density at radius 1 is 1.25 bits per heavy atom. The van der Waals surface area contributed by atoms with Gasteiger partial charge in [-0.05, 0) is 93.0 Å². The zero-order valence-electron chi connectivity index (χ0n) is 13.0. The molecule has 0 atom stereocenters. The summed E-state index contributed by atoms with van der Waals surface area (Å²) in [7, 11) is 1.60. The molecule has 0 aliphatic carbocycles. The van der Waals surface area contributed by atoms with E-state index in [1.165, 1.54) is 0 Å². The highest BCUT2D eigenvalue weighted by Gasteiger charge is 2.24. The van der Waals surface area contributed by atoms with E-state index in [-0.39, 0.29) is 5.70 Å². The molecule has 0 saturated heterocycles. The van der Waals surface area contributed by atoms with Crippen LogP contribution in [0.25, 0.3) is 6.08 Å². The largest absolute Gasteiger partial charge is 0.496 e. The second-order valence-corrected chi connectivity index (χ2v) is 7.21. The summed E-state index contributed by atoms with van der Waals surface area (Å²) in [5.41, 5.74) is 3.01. The van der Waals surface area contributed by atoms with Gasteiger partial charge in [0.2, 0.25) is 5.90 Å². The molecule has 0 radical (unpaired) electrons. The number of rotatable bonds is 3. The first-order valence-corrected chi connectivity index (χ1v) is 8.98. The van der Waals surface area contributed by atoms with Crippen molar-refractivity contribution in [2.75, 3.05) is 7.11 Å². The number of carbonyl (C=O) groups excluding carboxylic acids is 1. The summed E-state index contributed by atoms with van der Waals surface area (Å²) in [5.74, 6) is 0.608. The highest BCUT2D eigenvalue weighted by molar-refractivity contribution is 14.1. The Bertz CT molecular complexity index is 890. The lowest BCUT2D eigenvalue weighted by molar-refractivity contribution is -0.129. The first kappa shape index (κ1) is 17.2. The van der Waals surface area contributed by atoms with Crippen LogP contribution < -0.4 is 4.74 Å². The van der Waals surface area contributed by atoms with Crippen LogP contribution in [0.5, 0.6) is 5.75 Å². The van der Waals surface area contributed by atoms with E-state index in [9.17, 15) is 4.79 Å². The molecule has 1 aliphatic heterocycles. The van der Waals surface area contributed by atoms with Crippen molar-refractivity contribution < 1.29 is 14.3 Å². The van der Waals surface area contributed by atoms with Crippen LogP contribution in [-0.4, -0.2) is 19.0 Å². The molecule has 2 aromatic carbocycles. The van der Waals surface area contributed by atoms with Gasteiger partial charge in [-0.3, -0.25) is 0 Å². The fourth-order valence-electron chi connectivity index (χ4n) is 2.24. The first-order chi connectivity index (χ1) is 11.5. The topological polar surface area (TPSA) is 47.9 Å². The van der Waals surface area contributed by atoms with Crippen LogP contribution >= 0.6 is 38.5 Å². The molecule has 0 bridgehead atoms. The number of aryl methyl sites for hydroxylation is 1. The number of cyclic esters (lactones) is 1. The number of hydrogen-bond donors (Lipinski definition) is 0. The molecule has 1 heterocycles. The van der Waals surface area contributed by atoms with E-state index in [1.54, 1.807) is 13.2 Å². The molecule has 3 rings (SSSR count). The lowest BCUT2D eigenvalue weighted by atomic mass is 10.1. The number of aliphatic imine (C=N–C) groups is 1. The van der Waals surface area contributed by atoms with Gasteiger partial charge in [0.15, 0.2) is 5.70 Å². The van der Waals surface area contributed by atoms with Crippen molar-refractivity contribution >= 4 is 56.5 Å².